The molecule has 0 unspecified atom stereocenters. The number of hydrogen-bond donors (Lipinski definition) is 1. The first kappa shape index (κ1) is 11.9. The maximum atomic E-state index is 11.0. The number of carbonyl (C=O) groups is 1. The lowest BCUT2D eigenvalue weighted by molar-refractivity contribution is -0.117. The van der Waals surface area contributed by atoms with Crippen molar-refractivity contribution in [3.8, 4) is 0 Å². The van der Waals surface area contributed by atoms with Crippen molar-refractivity contribution >= 4 is 55.2 Å². The van der Waals surface area contributed by atoms with Crippen molar-refractivity contribution < 1.29 is 4.79 Å². The van der Waals surface area contributed by atoms with Crippen molar-refractivity contribution in [2.45, 2.75) is 16.5 Å². The maximum Gasteiger partial charge on any atom is 0.230 e. The second-order valence-electron chi connectivity index (χ2n) is 3.23. The number of fused-ring (bicyclic) bond motifs is 1. The molecule has 1 aromatic heterocycles. The van der Waals surface area contributed by atoms with Crippen molar-refractivity contribution in [3.05, 3.63) is 22.7 Å². The predicted octanol–water partition coefficient (Wildman–Crippen LogP) is 3.02. The Balaban J connectivity index is 2.33. The normalized spacial score (nSPS) is 12.9. The van der Waals surface area contributed by atoms with Crippen molar-refractivity contribution in [3.63, 3.8) is 0 Å². The molecule has 0 spiro atoms. The van der Waals surface area contributed by atoms with Crippen molar-refractivity contribution in [1.82, 2.24) is 4.98 Å². The van der Waals surface area contributed by atoms with E-state index in [4.69, 9.17) is 5.73 Å². The molecule has 1 atom stereocenters. The molecule has 6 heteroatoms. The number of aromatic nitrogens is 1. The molecule has 0 fully saturated rings. The maximum absolute atomic E-state index is 11.0. The van der Waals surface area contributed by atoms with Crippen LogP contribution in [0.3, 0.4) is 0 Å². The number of benzene rings is 1. The molecule has 3 nitrogen and oxygen atoms in total. The van der Waals surface area contributed by atoms with Crippen LogP contribution < -0.4 is 5.73 Å². The van der Waals surface area contributed by atoms with Crippen LogP contribution in [0.1, 0.15) is 6.92 Å². The molecular formula is C10H9BrN2OS2. The summed E-state index contributed by atoms with van der Waals surface area (Å²) in [6, 6.07) is 5.88. The Morgan fingerprint density at radius 2 is 2.38 bits per heavy atom. The van der Waals surface area contributed by atoms with E-state index in [1.54, 1.807) is 18.3 Å². The summed E-state index contributed by atoms with van der Waals surface area (Å²) >= 11 is 6.44. The lowest BCUT2D eigenvalue weighted by Gasteiger charge is -2.01. The van der Waals surface area contributed by atoms with Crippen LogP contribution in [0.15, 0.2) is 27.0 Å². The third kappa shape index (κ3) is 2.39. The number of halogens is 1. The van der Waals surface area contributed by atoms with E-state index in [1.807, 2.05) is 18.2 Å². The molecule has 1 heterocycles. The number of nitrogens with two attached hydrogens (primary N) is 1. The summed E-state index contributed by atoms with van der Waals surface area (Å²) in [6.07, 6.45) is 0. The van der Waals surface area contributed by atoms with E-state index in [0.717, 1.165) is 19.0 Å². The van der Waals surface area contributed by atoms with Gasteiger partial charge in [-0.2, -0.15) is 0 Å². The van der Waals surface area contributed by atoms with Gasteiger partial charge in [-0.1, -0.05) is 17.8 Å². The minimum Gasteiger partial charge on any atom is -0.369 e. The Labute approximate surface area is 110 Å². The lowest BCUT2D eigenvalue weighted by atomic mass is 10.3. The molecule has 0 aliphatic rings. The average Bonchev–Trinajstić information content (AvgIpc) is 2.61. The Bertz CT molecular complexity index is 541. The Kier molecular flexibility index (Phi) is 3.51. The van der Waals surface area contributed by atoms with E-state index in [-0.39, 0.29) is 11.2 Å². The second kappa shape index (κ2) is 4.73. The summed E-state index contributed by atoms with van der Waals surface area (Å²) in [7, 11) is 0. The quantitative estimate of drug-likeness (QED) is 0.885. The van der Waals surface area contributed by atoms with Gasteiger partial charge in [0.15, 0.2) is 4.34 Å². The molecule has 2 aromatic rings. The lowest BCUT2D eigenvalue weighted by Crippen LogP contribution is -2.22. The minimum absolute atomic E-state index is 0.251. The van der Waals surface area contributed by atoms with Gasteiger partial charge in [0, 0.05) is 4.47 Å². The fourth-order valence-corrected chi connectivity index (χ4v) is 3.90. The summed E-state index contributed by atoms with van der Waals surface area (Å²) in [5.41, 5.74) is 6.16. The highest BCUT2D eigenvalue weighted by Crippen LogP contribution is 2.35. The molecule has 1 aromatic carbocycles. The Morgan fingerprint density at radius 3 is 3.00 bits per heavy atom. The summed E-state index contributed by atoms with van der Waals surface area (Å²) in [4.78, 5) is 15.4. The van der Waals surface area contributed by atoms with Crippen LogP contribution in [0.5, 0.6) is 0 Å². The van der Waals surface area contributed by atoms with Crippen LogP contribution >= 0.6 is 39.0 Å². The fourth-order valence-electron chi connectivity index (χ4n) is 1.15. The summed E-state index contributed by atoms with van der Waals surface area (Å²) in [5.74, 6) is -0.316. The monoisotopic (exact) mass is 316 g/mol. The summed E-state index contributed by atoms with van der Waals surface area (Å²) in [5, 5.41) is -0.251. The topological polar surface area (TPSA) is 56.0 Å². The van der Waals surface area contributed by atoms with Gasteiger partial charge in [0.1, 0.15) is 0 Å². The van der Waals surface area contributed by atoms with Crippen LogP contribution in [0, 0.1) is 0 Å². The van der Waals surface area contributed by atoms with Gasteiger partial charge in [-0.15, -0.1) is 11.3 Å². The summed E-state index contributed by atoms with van der Waals surface area (Å²) in [6.45, 7) is 1.79. The van der Waals surface area contributed by atoms with E-state index >= 15 is 0 Å². The van der Waals surface area contributed by atoms with Gasteiger partial charge in [-0.25, -0.2) is 4.98 Å². The molecule has 1 amide bonds. The van der Waals surface area contributed by atoms with Gasteiger partial charge in [-0.3, -0.25) is 4.79 Å². The first-order chi connectivity index (χ1) is 7.58. The molecule has 84 valence electrons. The number of primary amides is 1. The molecule has 0 saturated carbocycles. The molecule has 2 rings (SSSR count). The third-order valence-electron chi connectivity index (χ3n) is 2.03. The molecule has 0 radical (unpaired) electrons. The molecule has 2 N–H and O–H groups in total. The van der Waals surface area contributed by atoms with Crippen molar-refractivity contribution in [1.29, 1.82) is 0 Å². The van der Waals surface area contributed by atoms with E-state index in [9.17, 15) is 4.79 Å². The number of hydrogen-bond acceptors (Lipinski definition) is 4. The van der Waals surface area contributed by atoms with Gasteiger partial charge in [0.05, 0.1) is 15.5 Å². The highest BCUT2D eigenvalue weighted by molar-refractivity contribution is 9.10. The van der Waals surface area contributed by atoms with Gasteiger partial charge in [0.25, 0.3) is 0 Å². The molecule has 16 heavy (non-hydrogen) atoms. The van der Waals surface area contributed by atoms with Crippen LogP contribution in [0.2, 0.25) is 0 Å². The fraction of sp³-hybridized carbons (Fsp3) is 0.200. The first-order valence-electron chi connectivity index (χ1n) is 4.59. The zero-order valence-corrected chi connectivity index (χ0v) is 11.7. The first-order valence-corrected chi connectivity index (χ1v) is 7.08. The van der Waals surface area contributed by atoms with Crippen LogP contribution in [-0.4, -0.2) is 16.1 Å². The second-order valence-corrected chi connectivity index (χ2v) is 6.67. The van der Waals surface area contributed by atoms with Crippen LogP contribution in [0.25, 0.3) is 10.2 Å². The molecule has 0 bridgehead atoms. The van der Waals surface area contributed by atoms with E-state index in [1.165, 1.54) is 11.8 Å². The standard InChI is InChI=1S/C10H9BrN2OS2/c1-5(9(12)14)15-10-13-7-4-2-3-6(11)8(7)16-10/h2-5H,1H3,(H2,12,14)/t5-/m1/s1. The van der Waals surface area contributed by atoms with E-state index in [0.29, 0.717) is 0 Å². The molecule has 0 aliphatic heterocycles. The largest absolute Gasteiger partial charge is 0.369 e. The predicted molar refractivity (Wildman–Crippen MR) is 71.8 cm³/mol. The molecule has 0 aliphatic carbocycles. The van der Waals surface area contributed by atoms with Gasteiger partial charge >= 0.3 is 0 Å². The Morgan fingerprint density at radius 1 is 1.62 bits per heavy atom. The van der Waals surface area contributed by atoms with Gasteiger partial charge in [-0.05, 0) is 35.0 Å². The van der Waals surface area contributed by atoms with E-state index in [2.05, 4.69) is 20.9 Å². The molecule has 0 saturated heterocycles. The molecular weight excluding hydrogens is 308 g/mol. The smallest absolute Gasteiger partial charge is 0.230 e. The minimum atomic E-state index is -0.316. The van der Waals surface area contributed by atoms with Crippen LogP contribution in [-0.2, 0) is 4.79 Å². The zero-order chi connectivity index (χ0) is 11.7. The van der Waals surface area contributed by atoms with Crippen molar-refractivity contribution in [2.24, 2.45) is 5.73 Å². The number of rotatable bonds is 3. The average molecular weight is 317 g/mol. The summed E-state index contributed by atoms with van der Waals surface area (Å²) < 4.78 is 3.00. The SMILES string of the molecule is C[C@@H](Sc1nc2cccc(Br)c2s1)C(N)=O. The van der Waals surface area contributed by atoms with E-state index < -0.39 is 0 Å². The highest BCUT2D eigenvalue weighted by Gasteiger charge is 2.14. The Hall–Kier alpha value is -0.590. The number of thiazole rings is 1. The third-order valence-corrected chi connectivity index (χ3v) is 5.27. The van der Waals surface area contributed by atoms with Gasteiger partial charge < -0.3 is 5.73 Å². The van der Waals surface area contributed by atoms with Crippen LogP contribution in [0.4, 0.5) is 0 Å². The number of carbonyl (C=O) groups excluding carboxylic acids is 1. The zero-order valence-electron chi connectivity index (χ0n) is 8.44. The number of amides is 1. The number of nitrogens with zero attached hydrogens (tertiary/aromatic N) is 1. The number of thioether (sulfide) groups is 1. The van der Waals surface area contributed by atoms with Crippen molar-refractivity contribution in [2.75, 3.05) is 0 Å². The highest BCUT2D eigenvalue weighted by atomic mass is 79.9. The van der Waals surface area contributed by atoms with Gasteiger partial charge in [0.2, 0.25) is 5.91 Å².